The van der Waals surface area contributed by atoms with Crippen LogP contribution in [0, 0.1) is 5.82 Å². The van der Waals surface area contributed by atoms with E-state index in [0.29, 0.717) is 6.54 Å². The largest absolute Gasteiger partial charge is 0.456 e. The first kappa shape index (κ1) is 21.2. The summed E-state index contributed by atoms with van der Waals surface area (Å²) < 4.78 is 18.8. The van der Waals surface area contributed by atoms with Gasteiger partial charge in [0.25, 0.3) is 5.91 Å². The molecule has 0 spiro atoms. The number of rotatable bonds is 6. The topological polar surface area (TPSA) is 58.6 Å². The molecule has 3 aromatic carbocycles. The van der Waals surface area contributed by atoms with Gasteiger partial charge in [-0.2, -0.15) is 0 Å². The van der Waals surface area contributed by atoms with Gasteiger partial charge < -0.3 is 15.0 Å². The molecule has 0 aromatic heterocycles. The van der Waals surface area contributed by atoms with Gasteiger partial charge in [-0.15, -0.1) is 0 Å². The molecule has 1 aliphatic heterocycles. The maximum Gasteiger partial charge on any atom is 0.308 e. The fourth-order valence-electron chi connectivity index (χ4n) is 3.22. The van der Waals surface area contributed by atoms with Gasteiger partial charge in [-0.3, -0.25) is 9.59 Å². The fourth-order valence-corrected chi connectivity index (χ4v) is 4.48. The van der Waals surface area contributed by atoms with E-state index in [4.69, 9.17) is 16.3 Å². The molecule has 5 nitrogen and oxygen atoms in total. The number of nitrogens with zero attached hydrogens (tertiary/aromatic N) is 1. The Hall–Kier alpha value is -3.03. The molecule has 0 saturated carbocycles. The van der Waals surface area contributed by atoms with Crippen LogP contribution in [0.25, 0.3) is 0 Å². The molecule has 4 rings (SSSR count). The van der Waals surface area contributed by atoms with Crippen LogP contribution in [0.2, 0.25) is 5.02 Å². The van der Waals surface area contributed by atoms with Crippen molar-refractivity contribution in [2.24, 2.45) is 0 Å². The molecular formula is C23H18ClFN2O3S. The van der Waals surface area contributed by atoms with E-state index in [1.807, 2.05) is 48.5 Å². The highest BCUT2D eigenvalue weighted by atomic mass is 35.5. The number of carbonyl (C=O) groups excluding carboxylic acids is 2. The first-order chi connectivity index (χ1) is 15.0. The maximum atomic E-state index is 13.8. The molecule has 1 N–H and O–H groups in total. The summed E-state index contributed by atoms with van der Waals surface area (Å²) in [6, 6.07) is 19.9. The lowest BCUT2D eigenvalue weighted by Crippen LogP contribution is -2.26. The Labute approximate surface area is 188 Å². The number of ether oxygens (including phenoxy) is 1. The Kier molecular flexibility index (Phi) is 6.44. The number of para-hydroxylation sites is 2. The average molecular weight is 457 g/mol. The van der Waals surface area contributed by atoms with Gasteiger partial charge in [0, 0.05) is 21.4 Å². The van der Waals surface area contributed by atoms with Gasteiger partial charge in [0.2, 0.25) is 0 Å². The van der Waals surface area contributed by atoms with Crippen molar-refractivity contribution >= 4 is 52.3 Å². The molecule has 31 heavy (non-hydrogen) atoms. The molecule has 0 unspecified atom stereocenters. The molecule has 158 valence electrons. The van der Waals surface area contributed by atoms with Crippen molar-refractivity contribution < 1.29 is 18.7 Å². The fraction of sp³-hybridized carbons (Fsp3) is 0.130. The minimum absolute atomic E-state index is 0.0236. The Bertz CT molecular complexity index is 1100. The van der Waals surface area contributed by atoms with Crippen LogP contribution in [0.5, 0.6) is 0 Å². The molecule has 0 radical (unpaired) electrons. The van der Waals surface area contributed by atoms with Crippen LogP contribution in [0.3, 0.4) is 0 Å². The highest BCUT2D eigenvalue weighted by Crippen LogP contribution is 2.47. The monoisotopic (exact) mass is 456 g/mol. The number of esters is 1. The van der Waals surface area contributed by atoms with Crippen molar-refractivity contribution in [2.75, 3.05) is 23.4 Å². The summed E-state index contributed by atoms with van der Waals surface area (Å²) in [6.45, 7) is -0.0925. The Morgan fingerprint density at radius 3 is 2.29 bits per heavy atom. The second-order valence-electron chi connectivity index (χ2n) is 6.77. The molecule has 8 heteroatoms. The van der Waals surface area contributed by atoms with E-state index in [2.05, 4.69) is 10.2 Å². The number of hydrogen-bond donors (Lipinski definition) is 1. The lowest BCUT2D eigenvalue weighted by atomic mass is 10.2. The predicted octanol–water partition coefficient (Wildman–Crippen LogP) is 5.65. The Morgan fingerprint density at radius 2 is 1.65 bits per heavy atom. The van der Waals surface area contributed by atoms with Gasteiger partial charge >= 0.3 is 5.97 Å². The first-order valence-corrected chi connectivity index (χ1v) is 10.7. The Morgan fingerprint density at radius 1 is 1.00 bits per heavy atom. The number of nitrogens with one attached hydrogen (secondary N) is 1. The van der Waals surface area contributed by atoms with Crippen LogP contribution in [-0.4, -0.2) is 25.0 Å². The van der Waals surface area contributed by atoms with Crippen molar-refractivity contribution in [2.45, 2.75) is 16.2 Å². The number of halogens is 2. The van der Waals surface area contributed by atoms with Gasteiger partial charge in [0.05, 0.1) is 23.5 Å². The molecule has 3 aromatic rings. The number of carbonyl (C=O) groups is 2. The van der Waals surface area contributed by atoms with Gasteiger partial charge in [-0.1, -0.05) is 47.6 Å². The lowest BCUT2D eigenvalue weighted by molar-refractivity contribution is -0.147. The van der Waals surface area contributed by atoms with Gasteiger partial charge in [0.15, 0.2) is 6.61 Å². The minimum atomic E-state index is -0.660. The number of benzene rings is 3. The standard InChI is InChI=1S/C23H18ClFN2O3S/c24-15-9-10-17(16(25)13-15)26-22(28)14-30-23(29)11-12-27-18-5-1-3-7-20(18)31-21-8-4-2-6-19(21)27/h1-10,13H,11-12,14H2,(H,26,28). The molecule has 0 fully saturated rings. The zero-order valence-corrected chi connectivity index (χ0v) is 17.9. The molecular weight excluding hydrogens is 439 g/mol. The van der Waals surface area contributed by atoms with Crippen molar-refractivity contribution in [3.63, 3.8) is 0 Å². The second kappa shape index (κ2) is 9.41. The quantitative estimate of drug-likeness (QED) is 0.485. The normalized spacial score (nSPS) is 12.0. The second-order valence-corrected chi connectivity index (χ2v) is 8.29. The summed E-state index contributed by atoms with van der Waals surface area (Å²) >= 11 is 7.38. The molecule has 0 bridgehead atoms. The van der Waals surface area contributed by atoms with Crippen molar-refractivity contribution in [1.82, 2.24) is 0 Å². The third kappa shape index (κ3) is 5.00. The summed E-state index contributed by atoms with van der Waals surface area (Å²) in [7, 11) is 0. The molecule has 1 aliphatic rings. The molecule has 0 atom stereocenters. The van der Waals surface area contributed by atoms with E-state index >= 15 is 0 Å². The summed E-state index contributed by atoms with van der Waals surface area (Å²) in [5.41, 5.74) is 2.02. The molecule has 0 saturated heterocycles. The summed E-state index contributed by atoms with van der Waals surface area (Å²) in [4.78, 5) is 28.5. The van der Waals surface area contributed by atoms with Gasteiger partial charge in [-0.05, 0) is 42.5 Å². The number of anilines is 3. The highest BCUT2D eigenvalue weighted by molar-refractivity contribution is 7.99. The van der Waals surface area contributed by atoms with E-state index in [1.54, 1.807) is 11.8 Å². The van der Waals surface area contributed by atoms with Crippen LogP contribution in [-0.2, 0) is 14.3 Å². The van der Waals surface area contributed by atoms with Gasteiger partial charge in [-0.25, -0.2) is 4.39 Å². The average Bonchev–Trinajstić information content (AvgIpc) is 2.77. The third-order valence-corrected chi connectivity index (χ3v) is 6.01. The number of hydrogen-bond acceptors (Lipinski definition) is 5. The SMILES string of the molecule is O=C(COC(=O)CCN1c2ccccc2Sc2ccccc21)Nc1ccc(Cl)cc1F. The van der Waals surface area contributed by atoms with E-state index in [0.717, 1.165) is 27.2 Å². The number of fused-ring (bicyclic) bond motifs is 2. The van der Waals surface area contributed by atoms with Crippen molar-refractivity contribution in [3.05, 3.63) is 77.6 Å². The minimum Gasteiger partial charge on any atom is -0.456 e. The lowest BCUT2D eigenvalue weighted by Gasteiger charge is -2.32. The number of amides is 1. The van der Waals surface area contributed by atoms with E-state index < -0.39 is 24.3 Å². The first-order valence-electron chi connectivity index (χ1n) is 9.55. The van der Waals surface area contributed by atoms with Crippen LogP contribution in [0.4, 0.5) is 21.5 Å². The summed E-state index contributed by atoms with van der Waals surface area (Å²) in [6.07, 6.45) is 0.0932. The highest BCUT2D eigenvalue weighted by Gasteiger charge is 2.23. The Balaban J connectivity index is 1.34. The molecule has 1 heterocycles. The van der Waals surface area contributed by atoms with Crippen LogP contribution in [0.15, 0.2) is 76.5 Å². The van der Waals surface area contributed by atoms with Crippen molar-refractivity contribution in [3.8, 4) is 0 Å². The summed E-state index contributed by atoms with van der Waals surface area (Å²) in [5, 5.41) is 2.58. The van der Waals surface area contributed by atoms with E-state index in [1.165, 1.54) is 12.1 Å². The van der Waals surface area contributed by atoms with Crippen LogP contribution in [0.1, 0.15) is 6.42 Å². The van der Waals surface area contributed by atoms with E-state index in [-0.39, 0.29) is 17.1 Å². The van der Waals surface area contributed by atoms with Gasteiger partial charge in [0.1, 0.15) is 5.82 Å². The van der Waals surface area contributed by atoms with E-state index in [9.17, 15) is 14.0 Å². The smallest absolute Gasteiger partial charge is 0.308 e. The van der Waals surface area contributed by atoms with Crippen LogP contribution >= 0.6 is 23.4 Å². The summed E-state index contributed by atoms with van der Waals surface area (Å²) in [5.74, 6) is -1.80. The zero-order valence-electron chi connectivity index (χ0n) is 16.3. The van der Waals surface area contributed by atoms with Crippen LogP contribution < -0.4 is 10.2 Å². The van der Waals surface area contributed by atoms with Crippen molar-refractivity contribution in [1.29, 1.82) is 0 Å². The molecule has 1 amide bonds. The third-order valence-electron chi connectivity index (χ3n) is 4.64. The predicted molar refractivity (Wildman–Crippen MR) is 120 cm³/mol. The maximum absolute atomic E-state index is 13.8. The zero-order chi connectivity index (χ0) is 21.8. The molecule has 0 aliphatic carbocycles.